The highest BCUT2D eigenvalue weighted by atomic mass is 32.2. The fourth-order valence-electron chi connectivity index (χ4n) is 6.42. The van der Waals surface area contributed by atoms with E-state index in [0.29, 0.717) is 0 Å². The number of hydrogen-bond acceptors (Lipinski definition) is 1. The summed E-state index contributed by atoms with van der Waals surface area (Å²) in [6.45, 7) is 20.2. The van der Waals surface area contributed by atoms with Gasteiger partial charge in [-0.3, -0.25) is 0 Å². The number of anilines is 1. The molecule has 1 N–H and O–H groups in total. The molecule has 0 spiro atoms. The minimum Gasteiger partial charge on any atom is -0.304 e. The number of hydrogen-bond donors (Lipinski definition) is 1. The maximum atomic E-state index is 13.6. The van der Waals surface area contributed by atoms with Crippen LogP contribution in [0.1, 0.15) is 138 Å². The van der Waals surface area contributed by atoms with Crippen LogP contribution in [-0.4, -0.2) is 20.3 Å². The van der Waals surface area contributed by atoms with E-state index < -0.39 is 18.9 Å². The lowest BCUT2D eigenvalue weighted by atomic mass is 9.79. The molecule has 4 rings (SSSR count). The molecule has 2 fully saturated rings. The minimum atomic E-state index is -1.17. The Balaban J connectivity index is 1.99. The zero-order valence-electron chi connectivity index (χ0n) is 27.0. The van der Waals surface area contributed by atoms with Gasteiger partial charge >= 0.3 is 0 Å². The van der Waals surface area contributed by atoms with Crippen LogP contribution in [0.4, 0.5) is 5.69 Å². The lowest BCUT2D eigenvalue weighted by Crippen LogP contribution is -2.32. The summed E-state index contributed by atoms with van der Waals surface area (Å²) < 4.78 is 16.9. The van der Waals surface area contributed by atoms with Crippen molar-refractivity contribution >= 4 is 29.9 Å². The largest absolute Gasteiger partial charge is 0.304 e. The molecule has 2 aromatic carbocycles. The third-order valence-corrected chi connectivity index (χ3v) is 14.1. The molecule has 2 aromatic rings. The first-order chi connectivity index (χ1) is 18.7. The average Bonchev–Trinajstić information content (AvgIpc) is 2.89. The number of nitrogens with one attached hydrogen (secondary N) is 1. The van der Waals surface area contributed by atoms with Crippen molar-refractivity contribution < 1.29 is 4.21 Å². The van der Waals surface area contributed by atoms with Gasteiger partial charge in [0.15, 0.2) is 0 Å². The van der Waals surface area contributed by atoms with E-state index in [0.717, 1.165) is 17.0 Å². The monoisotopic (exact) mass is 581 g/mol. The first kappa shape index (κ1) is 31.7. The SMILES string of the molecule is CC(C)(C)c1cc(-c2cccc(N[S@](=O)C(C)(C)C)c2P(C2CCCCC2)C2CCCCC2)cc(C(C)(C)C)c1. The summed E-state index contributed by atoms with van der Waals surface area (Å²) in [5.74, 6) is 0. The molecule has 0 saturated heterocycles. The van der Waals surface area contributed by atoms with Crippen LogP contribution in [0, 0.1) is 0 Å². The van der Waals surface area contributed by atoms with E-state index >= 15 is 0 Å². The van der Waals surface area contributed by atoms with Gasteiger partial charge in [-0.15, -0.1) is 0 Å². The summed E-state index contributed by atoms with van der Waals surface area (Å²) in [6, 6.07) is 14.2. The fraction of sp³-hybridized carbons (Fsp3) is 0.667. The van der Waals surface area contributed by atoms with Crippen LogP contribution in [0.2, 0.25) is 0 Å². The van der Waals surface area contributed by atoms with Crippen LogP contribution in [0.25, 0.3) is 11.1 Å². The molecule has 1 atom stereocenters. The second kappa shape index (κ2) is 12.6. The molecule has 0 amide bonds. The summed E-state index contributed by atoms with van der Waals surface area (Å²) >= 11 is 0. The predicted octanol–water partition coefficient (Wildman–Crippen LogP) is 10.6. The highest BCUT2D eigenvalue weighted by Gasteiger charge is 2.36. The molecule has 222 valence electrons. The van der Waals surface area contributed by atoms with Crippen molar-refractivity contribution in [3.8, 4) is 11.1 Å². The van der Waals surface area contributed by atoms with E-state index in [9.17, 15) is 4.21 Å². The summed E-state index contributed by atoms with van der Waals surface area (Å²) in [4.78, 5) is 0. The average molecular weight is 582 g/mol. The van der Waals surface area contributed by atoms with Gasteiger partial charge in [0.1, 0.15) is 11.0 Å². The Morgan fingerprint density at radius 3 is 1.60 bits per heavy atom. The molecule has 0 bridgehead atoms. The van der Waals surface area contributed by atoms with Crippen molar-refractivity contribution in [3.05, 3.63) is 47.5 Å². The summed E-state index contributed by atoms with van der Waals surface area (Å²) in [5, 5.41) is 1.51. The Labute approximate surface area is 250 Å². The standard InChI is InChI=1S/C36H56NOPS/c1-34(2,3)27-23-26(24-28(25-27)35(4,5)6)31-21-16-22-32(37-40(38)36(7,8)9)33(31)39(29-17-12-10-13-18-29)30-19-14-11-15-20-30/h16,21-25,29-30,37H,10-15,17-20H2,1-9H3/t40-/m1/s1. The molecule has 2 aliphatic rings. The number of rotatable bonds is 6. The first-order valence-electron chi connectivity index (χ1n) is 15.9. The lowest BCUT2D eigenvalue weighted by molar-refractivity contribution is 0.487. The molecule has 2 aliphatic carbocycles. The predicted molar refractivity (Wildman–Crippen MR) is 181 cm³/mol. The minimum absolute atomic E-state index is 0.0667. The van der Waals surface area contributed by atoms with E-state index in [1.54, 1.807) is 0 Å². The first-order valence-corrected chi connectivity index (χ1v) is 18.6. The molecule has 0 aliphatic heterocycles. The Kier molecular flexibility index (Phi) is 9.99. The van der Waals surface area contributed by atoms with Crippen LogP contribution in [0.5, 0.6) is 0 Å². The molecule has 0 heterocycles. The van der Waals surface area contributed by atoms with Crippen molar-refractivity contribution in [2.24, 2.45) is 0 Å². The normalized spacial score (nSPS) is 19.1. The summed E-state index contributed by atoms with van der Waals surface area (Å²) in [7, 11) is -1.56. The smallest absolute Gasteiger partial charge is 0.122 e. The molecule has 0 aromatic heterocycles. The van der Waals surface area contributed by atoms with Crippen LogP contribution < -0.4 is 10.0 Å². The third-order valence-electron chi connectivity index (χ3n) is 8.97. The second-order valence-corrected chi connectivity index (χ2v) is 20.2. The molecule has 2 saturated carbocycles. The van der Waals surface area contributed by atoms with Gasteiger partial charge in [0.2, 0.25) is 0 Å². The highest BCUT2D eigenvalue weighted by molar-refractivity contribution is 7.87. The van der Waals surface area contributed by atoms with Crippen molar-refractivity contribution in [2.75, 3.05) is 4.72 Å². The molecule has 2 nitrogen and oxygen atoms in total. The maximum Gasteiger partial charge on any atom is 0.122 e. The molecular formula is C36H56NOPS. The number of benzene rings is 2. The van der Waals surface area contributed by atoms with Crippen LogP contribution >= 0.6 is 7.92 Å². The molecule has 4 heteroatoms. The van der Waals surface area contributed by atoms with Gasteiger partial charge in [-0.25, -0.2) is 4.21 Å². The maximum absolute atomic E-state index is 13.6. The molecular weight excluding hydrogens is 525 g/mol. The van der Waals surface area contributed by atoms with Gasteiger partial charge in [0, 0.05) is 5.30 Å². The van der Waals surface area contributed by atoms with Crippen molar-refractivity contribution in [3.63, 3.8) is 0 Å². The van der Waals surface area contributed by atoms with E-state index in [-0.39, 0.29) is 15.6 Å². The van der Waals surface area contributed by atoms with Gasteiger partial charge < -0.3 is 4.72 Å². The van der Waals surface area contributed by atoms with Gasteiger partial charge in [-0.2, -0.15) is 0 Å². The van der Waals surface area contributed by atoms with Gasteiger partial charge in [0.25, 0.3) is 0 Å². The summed E-state index contributed by atoms with van der Waals surface area (Å²) in [6.07, 6.45) is 13.6. The molecule has 0 radical (unpaired) electrons. The zero-order chi connectivity index (χ0) is 29.3. The van der Waals surface area contributed by atoms with E-state index in [1.807, 2.05) is 0 Å². The zero-order valence-corrected chi connectivity index (χ0v) is 28.7. The van der Waals surface area contributed by atoms with E-state index in [2.05, 4.69) is 103 Å². The summed E-state index contributed by atoms with van der Waals surface area (Å²) in [5.41, 5.74) is 8.33. The van der Waals surface area contributed by atoms with Crippen molar-refractivity contribution in [1.29, 1.82) is 0 Å². The van der Waals surface area contributed by atoms with Crippen LogP contribution in [-0.2, 0) is 21.8 Å². The topological polar surface area (TPSA) is 29.1 Å². The van der Waals surface area contributed by atoms with Crippen molar-refractivity contribution in [1.82, 2.24) is 0 Å². The Bertz CT molecular complexity index is 1120. The fourth-order valence-corrected chi connectivity index (χ4v) is 11.2. The molecule has 40 heavy (non-hydrogen) atoms. The van der Waals surface area contributed by atoms with Gasteiger partial charge in [-0.1, -0.05) is 118 Å². The van der Waals surface area contributed by atoms with Crippen LogP contribution in [0.15, 0.2) is 36.4 Å². The Morgan fingerprint density at radius 1 is 0.700 bits per heavy atom. The Morgan fingerprint density at radius 2 is 1.18 bits per heavy atom. The lowest BCUT2D eigenvalue weighted by Gasteiger charge is -2.41. The van der Waals surface area contributed by atoms with Gasteiger partial charge in [0.05, 0.1) is 10.4 Å². The van der Waals surface area contributed by atoms with E-state index in [1.165, 1.54) is 91.8 Å². The molecule has 0 unspecified atom stereocenters. The second-order valence-electron chi connectivity index (χ2n) is 15.5. The third kappa shape index (κ3) is 7.60. The Hall–Kier alpha value is -1.18. The highest BCUT2D eigenvalue weighted by Crippen LogP contribution is 2.57. The van der Waals surface area contributed by atoms with Crippen LogP contribution in [0.3, 0.4) is 0 Å². The van der Waals surface area contributed by atoms with E-state index in [4.69, 9.17) is 0 Å². The van der Waals surface area contributed by atoms with Gasteiger partial charge in [-0.05, 0) is 96.9 Å². The quantitative estimate of drug-likeness (QED) is 0.338. The van der Waals surface area contributed by atoms with Crippen molar-refractivity contribution in [2.45, 2.75) is 153 Å².